The molecule has 29 heavy (non-hydrogen) atoms. The third-order valence-electron chi connectivity index (χ3n) is 3.80. The summed E-state index contributed by atoms with van der Waals surface area (Å²) in [6, 6.07) is 17.4. The number of hydrogen-bond donors (Lipinski definition) is 1. The summed E-state index contributed by atoms with van der Waals surface area (Å²) < 4.78 is 44.5. The van der Waals surface area contributed by atoms with Crippen LogP contribution in [0.15, 0.2) is 72.9 Å². The number of para-hydroxylation sites is 2. The summed E-state index contributed by atoms with van der Waals surface area (Å²) in [5, 5.41) is 9.25. The highest BCUT2D eigenvalue weighted by Crippen LogP contribution is 2.35. The molecule has 0 aliphatic rings. The second kappa shape index (κ2) is 8.01. The second-order valence-corrected chi connectivity index (χ2v) is 5.71. The first-order valence-corrected chi connectivity index (χ1v) is 8.20. The van der Waals surface area contributed by atoms with Crippen LogP contribution in [-0.4, -0.2) is 22.2 Å². The normalized spacial score (nSPS) is 11.0. The van der Waals surface area contributed by atoms with Crippen molar-refractivity contribution in [3.8, 4) is 5.75 Å². The van der Waals surface area contributed by atoms with Crippen LogP contribution in [0.5, 0.6) is 5.75 Å². The number of ether oxygens (including phenoxy) is 1. The van der Waals surface area contributed by atoms with E-state index in [1.165, 1.54) is 0 Å². The second-order valence-electron chi connectivity index (χ2n) is 5.71. The quantitative estimate of drug-likeness (QED) is 0.654. The summed E-state index contributed by atoms with van der Waals surface area (Å²) in [5.74, 6) is -2.68. The Morgan fingerprint density at radius 2 is 1.41 bits per heavy atom. The first-order chi connectivity index (χ1) is 13.8. The molecule has 9 heteroatoms. The maximum absolute atomic E-state index is 13.1. The molecule has 1 aromatic heterocycles. The number of amides is 1. The van der Waals surface area contributed by atoms with E-state index in [-0.39, 0.29) is 0 Å². The first-order valence-electron chi connectivity index (χ1n) is 8.20. The number of alkyl halides is 3. The van der Waals surface area contributed by atoms with Crippen LogP contribution in [0.1, 0.15) is 16.1 Å². The molecule has 6 nitrogen and oxygen atoms in total. The van der Waals surface area contributed by atoms with E-state index in [0.717, 1.165) is 17.2 Å². The van der Waals surface area contributed by atoms with Gasteiger partial charge in [-0.05, 0) is 24.3 Å². The summed E-state index contributed by atoms with van der Waals surface area (Å²) in [7, 11) is 0. The standard InChI is InChI=1S/C20H13F3N2O4/c21-20(22,23)17-16(18(26)27)15(11-12-24-17)29-19(28)25(13-7-3-1-4-8-13)14-9-5-2-6-10-14/h1-12H,(H,26,27). The highest BCUT2D eigenvalue weighted by atomic mass is 19.4. The van der Waals surface area contributed by atoms with E-state index in [0.29, 0.717) is 11.4 Å². The van der Waals surface area contributed by atoms with E-state index < -0.39 is 35.2 Å². The van der Waals surface area contributed by atoms with Crippen LogP contribution >= 0.6 is 0 Å². The lowest BCUT2D eigenvalue weighted by molar-refractivity contribution is -0.141. The number of anilines is 2. The smallest absolute Gasteiger partial charge is 0.434 e. The zero-order valence-electron chi connectivity index (χ0n) is 14.6. The Kier molecular flexibility index (Phi) is 5.49. The molecule has 0 aliphatic carbocycles. The molecule has 0 aliphatic heterocycles. The fraction of sp³-hybridized carbons (Fsp3) is 0.0500. The SMILES string of the molecule is O=C(O)c1c(OC(=O)N(c2ccccc2)c2ccccc2)ccnc1C(F)(F)F. The molecule has 2 aromatic carbocycles. The summed E-state index contributed by atoms with van der Waals surface area (Å²) in [5.41, 5.74) is -2.13. The van der Waals surface area contributed by atoms with Crippen LogP contribution in [0.2, 0.25) is 0 Å². The molecule has 0 saturated heterocycles. The molecule has 1 N–H and O–H groups in total. The van der Waals surface area contributed by atoms with Crippen molar-refractivity contribution in [2.75, 3.05) is 4.90 Å². The Labute approximate surface area is 162 Å². The van der Waals surface area contributed by atoms with E-state index in [4.69, 9.17) is 4.74 Å². The number of hydrogen-bond acceptors (Lipinski definition) is 4. The molecule has 1 heterocycles. The number of nitrogens with zero attached hydrogens (tertiary/aromatic N) is 2. The summed E-state index contributed by atoms with van der Waals surface area (Å²) >= 11 is 0. The van der Waals surface area contributed by atoms with Crippen molar-refractivity contribution in [1.29, 1.82) is 0 Å². The Morgan fingerprint density at radius 3 is 1.86 bits per heavy atom. The van der Waals surface area contributed by atoms with Crippen LogP contribution < -0.4 is 9.64 Å². The van der Waals surface area contributed by atoms with Crippen molar-refractivity contribution in [2.45, 2.75) is 6.18 Å². The molecule has 0 bridgehead atoms. The number of pyridine rings is 1. The summed E-state index contributed by atoms with van der Waals surface area (Å²) in [6.45, 7) is 0. The van der Waals surface area contributed by atoms with Gasteiger partial charge in [0, 0.05) is 12.3 Å². The Bertz CT molecular complexity index is 985. The highest BCUT2D eigenvalue weighted by molar-refractivity contribution is 5.99. The van der Waals surface area contributed by atoms with Gasteiger partial charge in [0.2, 0.25) is 0 Å². The molecule has 1 amide bonds. The maximum Gasteiger partial charge on any atom is 0.434 e. The zero-order valence-corrected chi connectivity index (χ0v) is 14.6. The van der Waals surface area contributed by atoms with Gasteiger partial charge in [-0.15, -0.1) is 0 Å². The number of aromatic nitrogens is 1. The van der Waals surface area contributed by atoms with E-state index in [1.54, 1.807) is 60.7 Å². The number of rotatable bonds is 4. The lowest BCUT2D eigenvalue weighted by Gasteiger charge is -2.23. The number of carbonyl (C=O) groups is 2. The fourth-order valence-electron chi connectivity index (χ4n) is 2.60. The number of carboxylic acids is 1. The molecule has 0 atom stereocenters. The number of halogens is 3. The van der Waals surface area contributed by atoms with Crippen molar-refractivity contribution < 1.29 is 32.6 Å². The molecule has 3 rings (SSSR count). The van der Waals surface area contributed by atoms with Gasteiger partial charge in [0.25, 0.3) is 0 Å². The van der Waals surface area contributed by atoms with Gasteiger partial charge in [0.15, 0.2) is 11.4 Å². The molecule has 0 radical (unpaired) electrons. The largest absolute Gasteiger partial charge is 0.477 e. The Morgan fingerprint density at radius 1 is 0.897 bits per heavy atom. The third kappa shape index (κ3) is 4.34. The van der Waals surface area contributed by atoms with Gasteiger partial charge < -0.3 is 9.84 Å². The van der Waals surface area contributed by atoms with E-state index in [1.807, 2.05) is 0 Å². The fourth-order valence-corrected chi connectivity index (χ4v) is 2.60. The number of aromatic carboxylic acids is 1. The molecular formula is C20H13F3N2O4. The predicted molar refractivity (Wildman–Crippen MR) is 97.2 cm³/mol. The van der Waals surface area contributed by atoms with Crippen molar-refractivity contribution >= 4 is 23.4 Å². The van der Waals surface area contributed by atoms with Gasteiger partial charge in [-0.25, -0.2) is 14.5 Å². The molecular weight excluding hydrogens is 389 g/mol. The summed E-state index contributed by atoms with van der Waals surface area (Å²) in [6.07, 6.45) is -5.38. The first kappa shape index (κ1) is 19.9. The van der Waals surface area contributed by atoms with Crippen LogP contribution in [0.25, 0.3) is 0 Å². The van der Waals surface area contributed by atoms with Crippen molar-refractivity contribution in [3.63, 3.8) is 0 Å². The van der Waals surface area contributed by atoms with Gasteiger partial charge in [0.05, 0.1) is 11.4 Å². The van der Waals surface area contributed by atoms with E-state index in [9.17, 15) is 27.9 Å². The minimum atomic E-state index is -5.03. The van der Waals surface area contributed by atoms with E-state index in [2.05, 4.69) is 4.98 Å². The topological polar surface area (TPSA) is 79.7 Å². The molecule has 148 valence electrons. The van der Waals surface area contributed by atoms with Crippen LogP contribution in [0.4, 0.5) is 29.3 Å². The lowest BCUT2D eigenvalue weighted by atomic mass is 10.1. The lowest BCUT2D eigenvalue weighted by Crippen LogP contribution is -2.30. The zero-order chi connectivity index (χ0) is 21.0. The molecule has 3 aromatic rings. The number of carbonyl (C=O) groups excluding carboxylic acids is 1. The van der Waals surface area contributed by atoms with E-state index >= 15 is 0 Å². The Hall–Kier alpha value is -3.88. The molecule has 0 spiro atoms. The van der Waals surface area contributed by atoms with Gasteiger partial charge >= 0.3 is 18.2 Å². The van der Waals surface area contributed by atoms with Gasteiger partial charge in [0.1, 0.15) is 5.56 Å². The average molecular weight is 402 g/mol. The average Bonchev–Trinajstić information content (AvgIpc) is 2.69. The van der Waals surface area contributed by atoms with Crippen molar-refractivity contribution in [1.82, 2.24) is 4.98 Å². The monoisotopic (exact) mass is 402 g/mol. The van der Waals surface area contributed by atoms with Crippen LogP contribution in [0, 0.1) is 0 Å². The van der Waals surface area contributed by atoms with Crippen molar-refractivity contribution in [3.05, 3.63) is 84.2 Å². The number of carboxylic acid groups (broad SMARTS) is 1. The minimum Gasteiger partial charge on any atom is -0.477 e. The van der Waals surface area contributed by atoms with Crippen LogP contribution in [0.3, 0.4) is 0 Å². The van der Waals surface area contributed by atoms with Gasteiger partial charge in [-0.1, -0.05) is 36.4 Å². The Balaban J connectivity index is 2.05. The minimum absolute atomic E-state index is 0.380. The van der Waals surface area contributed by atoms with Gasteiger partial charge in [-0.3, -0.25) is 4.98 Å². The van der Waals surface area contributed by atoms with Crippen molar-refractivity contribution in [2.24, 2.45) is 0 Å². The predicted octanol–water partition coefficient (Wildman–Crippen LogP) is 5.14. The summed E-state index contributed by atoms with van der Waals surface area (Å²) in [4.78, 5) is 28.5. The number of benzene rings is 2. The van der Waals surface area contributed by atoms with Crippen LogP contribution in [-0.2, 0) is 6.18 Å². The maximum atomic E-state index is 13.1. The molecule has 0 fully saturated rings. The molecule has 0 unspecified atom stereocenters. The third-order valence-corrected chi connectivity index (χ3v) is 3.80. The highest BCUT2D eigenvalue weighted by Gasteiger charge is 2.39. The van der Waals surface area contributed by atoms with Gasteiger partial charge in [-0.2, -0.15) is 13.2 Å². The molecule has 0 saturated carbocycles.